The first-order valence-corrected chi connectivity index (χ1v) is 8.05. The average molecular weight is 392 g/mol. The molecule has 0 radical (unpaired) electrons. The van der Waals surface area contributed by atoms with Gasteiger partial charge < -0.3 is 0 Å². The lowest BCUT2D eigenvalue weighted by Gasteiger charge is -2.00. The highest BCUT2D eigenvalue weighted by molar-refractivity contribution is 6.32. The molecule has 3 rings (SSSR count). The van der Waals surface area contributed by atoms with E-state index in [-0.39, 0.29) is 22.1 Å². The fourth-order valence-corrected chi connectivity index (χ4v) is 2.63. The van der Waals surface area contributed by atoms with Crippen molar-refractivity contribution in [2.24, 2.45) is 10.2 Å². The second-order valence-electron chi connectivity index (χ2n) is 5.30. The third-order valence-corrected chi connectivity index (χ3v) is 4.05. The van der Waals surface area contributed by atoms with Gasteiger partial charge in [0.25, 0.3) is 11.2 Å². The number of nitrogens with zero attached hydrogens (tertiary/aromatic N) is 4. The SMILES string of the molecule is Cc1[nH]n(-c2cccc(Cl)c2)c(=O)c1N=Nc1ccc(Cl)c([N+](=O)[O-])c1. The van der Waals surface area contributed by atoms with Crippen LogP contribution in [0, 0.1) is 17.0 Å². The number of rotatable bonds is 4. The first kappa shape index (κ1) is 17.8. The number of aromatic nitrogens is 2. The maximum atomic E-state index is 12.6. The van der Waals surface area contributed by atoms with Gasteiger partial charge in [0, 0.05) is 11.1 Å². The predicted octanol–water partition coefficient (Wildman–Crippen LogP) is 5.10. The number of benzene rings is 2. The summed E-state index contributed by atoms with van der Waals surface area (Å²) in [4.78, 5) is 22.9. The van der Waals surface area contributed by atoms with E-state index in [1.807, 2.05) is 0 Å². The second kappa shape index (κ2) is 7.11. The zero-order valence-corrected chi connectivity index (χ0v) is 14.8. The highest BCUT2D eigenvalue weighted by Crippen LogP contribution is 2.29. The molecule has 8 nitrogen and oxygen atoms in total. The normalized spacial score (nSPS) is 11.2. The van der Waals surface area contributed by atoms with Gasteiger partial charge in [0.1, 0.15) is 5.02 Å². The van der Waals surface area contributed by atoms with E-state index in [1.54, 1.807) is 31.2 Å². The van der Waals surface area contributed by atoms with E-state index in [0.29, 0.717) is 16.4 Å². The Kier molecular flexibility index (Phi) is 4.88. The molecule has 1 aromatic heterocycles. The Hall–Kier alpha value is -2.97. The summed E-state index contributed by atoms with van der Waals surface area (Å²) in [5.41, 5.74) is 0.622. The van der Waals surface area contributed by atoms with E-state index in [9.17, 15) is 14.9 Å². The summed E-state index contributed by atoms with van der Waals surface area (Å²) in [6.45, 7) is 1.67. The quantitative estimate of drug-likeness (QED) is 0.379. The van der Waals surface area contributed by atoms with Crippen molar-refractivity contribution in [3.63, 3.8) is 0 Å². The van der Waals surface area contributed by atoms with Crippen molar-refractivity contribution in [1.82, 2.24) is 9.78 Å². The second-order valence-corrected chi connectivity index (χ2v) is 6.14. The van der Waals surface area contributed by atoms with Crippen LogP contribution in [-0.2, 0) is 0 Å². The number of halogens is 2. The molecule has 0 amide bonds. The van der Waals surface area contributed by atoms with Gasteiger partial charge in [0.05, 0.1) is 22.0 Å². The zero-order chi connectivity index (χ0) is 18.8. The van der Waals surface area contributed by atoms with Gasteiger partial charge in [0.2, 0.25) is 0 Å². The molecular weight excluding hydrogens is 381 g/mol. The molecule has 3 aromatic rings. The highest BCUT2D eigenvalue weighted by atomic mass is 35.5. The highest BCUT2D eigenvalue weighted by Gasteiger charge is 2.14. The molecule has 10 heteroatoms. The molecule has 0 bridgehead atoms. The number of nitrogens with one attached hydrogen (secondary N) is 1. The van der Waals surface area contributed by atoms with E-state index in [1.165, 1.54) is 22.9 Å². The van der Waals surface area contributed by atoms with Crippen LogP contribution in [0.15, 0.2) is 57.5 Å². The summed E-state index contributed by atoms with van der Waals surface area (Å²) in [6, 6.07) is 10.8. The molecule has 0 unspecified atom stereocenters. The first-order chi connectivity index (χ1) is 12.4. The Labute approximate surface area is 156 Å². The Morgan fingerprint density at radius 3 is 2.62 bits per heavy atom. The van der Waals surface area contributed by atoms with Gasteiger partial charge in [-0.3, -0.25) is 20.0 Å². The molecule has 1 N–H and O–H groups in total. The predicted molar refractivity (Wildman–Crippen MR) is 98.4 cm³/mol. The average Bonchev–Trinajstić information content (AvgIpc) is 2.88. The van der Waals surface area contributed by atoms with Gasteiger partial charge in [-0.1, -0.05) is 29.3 Å². The van der Waals surface area contributed by atoms with Crippen LogP contribution in [0.2, 0.25) is 10.0 Å². The van der Waals surface area contributed by atoms with E-state index < -0.39 is 10.5 Å². The smallest absolute Gasteiger partial charge is 0.293 e. The Morgan fingerprint density at radius 1 is 1.15 bits per heavy atom. The molecule has 0 saturated heterocycles. The maximum Gasteiger partial charge on any atom is 0.299 e. The monoisotopic (exact) mass is 391 g/mol. The van der Waals surface area contributed by atoms with Gasteiger partial charge in [-0.05, 0) is 37.3 Å². The standard InChI is InChI=1S/C16H11Cl2N5O3/c1-9-15(16(24)22(21-9)12-4-2-3-10(17)7-12)20-19-11-5-6-13(18)14(8-11)23(25)26/h2-8,21H,1H3. The van der Waals surface area contributed by atoms with Gasteiger partial charge in [0.15, 0.2) is 5.69 Å². The summed E-state index contributed by atoms with van der Waals surface area (Å²) in [5.74, 6) is 0. The van der Waals surface area contributed by atoms with Crippen LogP contribution < -0.4 is 5.56 Å². The topological polar surface area (TPSA) is 106 Å². The third kappa shape index (κ3) is 3.51. The van der Waals surface area contributed by atoms with Crippen LogP contribution in [0.3, 0.4) is 0 Å². The molecule has 26 heavy (non-hydrogen) atoms. The minimum absolute atomic E-state index is 0.00455. The summed E-state index contributed by atoms with van der Waals surface area (Å²) >= 11 is 11.7. The van der Waals surface area contributed by atoms with Crippen LogP contribution in [0.4, 0.5) is 17.1 Å². The van der Waals surface area contributed by atoms with Crippen LogP contribution >= 0.6 is 23.2 Å². The van der Waals surface area contributed by atoms with Crippen molar-refractivity contribution >= 4 is 40.3 Å². The molecule has 2 aromatic carbocycles. The van der Waals surface area contributed by atoms with Crippen LogP contribution in [0.25, 0.3) is 5.69 Å². The Balaban J connectivity index is 1.99. The van der Waals surface area contributed by atoms with E-state index in [4.69, 9.17) is 23.2 Å². The van der Waals surface area contributed by atoms with Gasteiger partial charge in [-0.15, -0.1) is 5.11 Å². The molecule has 132 valence electrons. The molecule has 0 aliphatic heterocycles. The number of nitro groups is 1. The number of aromatic amines is 1. The molecule has 0 spiro atoms. The lowest BCUT2D eigenvalue weighted by Crippen LogP contribution is -2.13. The lowest BCUT2D eigenvalue weighted by molar-refractivity contribution is -0.384. The number of nitro benzene ring substituents is 1. The fourth-order valence-electron chi connectivity index (χ4n) is 2.26. The molecular formula is C16H11Cl2N5O3. The number of azo groups is 1. The van der Waals surface area contributed by atoms with Crippen LogP contribution in [0.1, 0.15) is 5.69 Å². The van der Waals surface area contributed by atoms with Crippen molar-refractivity contribution in [2.75, 3.05) is 0 Å². The van der Waals surface area contributed by atoms with Crippen molar-refractivity contribution < 1.29 is 4.92 Å². The molecule has 0 aliphatic rings. The van der Waals surface area contributed by atoms with Crippen molar-refractivity contribution in [3.8, 4) is 5.69 Å². The molecule has 0 fully saturated rings. The summed E-state index contributed by atoms with van der Waals surface area (Å²) in [5, 5.41) is 22.1. The van der Waals surface area contributed by atoms with Crippen LogP contribution in [0.5, 0.6) is 0 Å². The zero-order valence-electron chi connectivity index (χ0n) is 13.3. The molecule has 0 atom stereocenters. The number of hydrogen-bond acceptors (Lipinski definition) is 5. The van der Waals surface area contributed by atoms with Crippen molar-refractivity contribution in [3.05, 3.63) is 78.7 Å². The summed E-state index contributed by atoms with van der Waals surface area (Å²) < 4.78 is 1.29. The van der Waals surface area contributed by atoms with E-state index in [0.717, 1.165) is 0 Å². The largest absolute Gasteiger partial charge is 0.299 e. The fraction of sp³-hybridized carbons (Fsp3) is 0.0625. The van der Waals surface area contributed by atoms with Crippen molar-refractivity contribution in [1.29, 1.82) is 0 Å². The van der Waals surface area contributed by atoms with Gasteiger partial charge in [-0.25, -0.2) is 4.68 Å². The Morgan fingerprint density at radius 2 is 1.92 bits per heavy atom. The molecule has 0 saturated carbocycles. The third-order valence-electron chi connectivity index (χ3n) is 3.50. The van der Waals surface area contributed by atoms with Gasteiger partial charge in [-0.2, -0.15) is 5.11 Å². The van der Waals surface area contributed by atoms with Crippen molar-refractivity contribution in [2.45, 2.75) is 6.92 Å². The van der Waals surface area contributed by atoms with E-state index in [2.05, 4.69) is 15.3 Å². The van der Waals surface area contributed by atoms with Crippen LogP contribution in [-0.4, -0.2) is 14.7 Å². The summed E-state index contributed by atoms with van der Waals surface area (Å²) in [6.07, 6.45) is 0. The minimum atomic E-state index is -0.616. The maximum absolute atomic E-state index is 12.6. The lowest BCUT2D eigenvalue weighted by atomic mass is 10.3. The number of aryl methyl sites for hydroxylation is 1. The van der Waals surface area contributed by atoms with Gasteiger partial charge >= 0.3 is 0 Å². The number of H-pyrrole nitrogens is 1. The number of hydrogen-bond donors (Lipinski definition) is 1. The van der Waals surface area contributed by atoms with E-state index >= 15 is 0 Å². The molecule has 0 aliphatic carbocycles. The molecule has 1 heterocycles. The first-order valence-electron chi connectivity index (χ1n) is 7.30. The minimum Gasteiger partial charge on any atom is -0.293 e. The Bertz CT molecular complexity index is 1090. The summed E-state index contributed by atoms with van der Waals surface area (Å²) in [7, 11) is 0.